The van der Waals surface area contributed by atoms with Crippen LogP contribution in [-0.4, -0.2) is 33.3 Å². The largest absolute Gasteiger partial charge is 0.481 e. The molecule has 152 valence electrons. The number of alkyl halides is 3. The number of carbonyl (C=O) groups excluding carboxylic acids is 1. The Labute approximate surface area is 160 Å². The second kappa shape index (κ2) is 8.04. The predicted octanol–water partition coefficient (Wildman–Crippen LogP) is 3.33. The minimum atomic E-state index is -4.79. The maximum Gasteiger partial charge on any atom is 0.433 e. The molecule has 0 bridgehead atoms. The zero-order valence-corrected chi connectivity index (χ0v) is 15.7. The first-order valence-corrected chi connectivity index (χ1v) is 8.62. The maximum atomic E-state index is 13.5. The fraction of sp³-hybridized carbons (Fsp3) is 0.421. The van der Waals surface area contributed by atoms with Crippen LogP contribution >= 0.6 is 0 Å². The highest BCUT2D eigenvalue weighted by molar-refractivity contribution is 5.95. The average molecular weight is 397 g/mol. The number of aliphatic carboxylic acids is 1. The Morgan fingerprint density at radius 2 is 1.79 bits per heavy atom. The van der Waals surface area contributed by atoms with E-state index < -0.39 is 40.8 Å². The van der Waals surface area contributed by atoms with Crippen LogP contribution in [0.3, 0.4) is 0 Å². The third-order valence-electron chi connectivity index (χ3n) is 4.10. The molecule has 0 fully saturated rings. The van der Waals surface area contributed by atoms with Crippen molar-refractivity contribution >= 4 is 11.9 Å². The Balaban J connectivity index is 2.20. The van der Waals surface area contributed by atoms with Gasteiger partial charge in [0.1, 0.15) is 0 Å². The van der Waals surface area contributed by atoms with Gasteiger partial charge in [0.05, 0.1) is 23.2 Å². The van der Waals surface area contributed by atoms with E-state index in [1.54, 1.807) is 30.3 Å². The van der Waals surface area contributed by atoms with Crippen molar-refractivity contribution in [3.63, 3.8) is 0 Å². The summed E-state index contributed by atoms with van der Waals surface area (Å²) in [4.78, 5) is 23.8. The van der Waals surface area contributed by atoms with Gasteiger partial charge in [0.25, 0.3) is 5.91 Å². The van der Waals surface area contributed by atoms with E-state index in [2.05, 4.69) is 10.4 Å². The average Bonchev–Trinajstić information content (AvgIpc) is 3.05. The number of rotatable bonds is 6. The minimum Gasteiger partial charge on any atom is -0.481 e. The Morgan fingerprint density at radius 1 is 1.18 bits per heavy atom. The van der Waals surface area contributed by atoms with Gasteiger partial charge in [-0.3, -0.25) is 14.3 Å². The van der Waals surface area contributed by atoms with Gasteiger partial charge >= 0.3 is 12.1 Å². The summed E-state index contributed by atoms with van der Waals surface area (Å²) >= 11 is 0. The van der Waals surface area contributed by atoms with Crippen molar-refractivity contribution in [1.29, 1.82) is 0 Å². The van der Waals surface area contributed by atoms with Gasteiger partial charge in [0, 0.05) is 6.54 Å². The molecule has 1 aromatic heterocycles. The standard InChI is InChI=1S/C19H22F3N3O3/c1-18(2,3)25-15(19(20,21)22)14(11-24-25)16(26)23-10-13(17(27)28)9-12-7-5-4-6-8-12/h4-8,11,13H,9-10H2,1-3H3,(H,23,26)(H,27,28). The molecule has 2 rings (SSSR count). The highest BCUT2D eigenvalue weighted by Gasteiger charge is 2.42. The number of hydrogen-bond donors (Lipinski definition) is 2. The summed E-state index contributed by atoms with van der Waals surface area (Å²) in [5.41, 5.74) is -2.03. The van der Waals surface area contributed by atoms with Gasteiger partial charge in [-0.1, -0.05) is 30.3 Å². The van der Waals surface area contributed by atoms with E-state index in [0.29, 0.717) is 0 Å². The number of carbonyl (C=O) groups is 2. The number of amides is 1. The van der Waals surface area contributed by atoms with Crippen molar-refractivity contribution in [2.75, 3.05) is 6.54 Å². The zero-order chi connectivity index (χ0) is 21.1. The number of aromatic nitrogens is 2. The zero-order valence-electron chi connectivity index (χ0n) is 15.7. The summed E-state index contributed by atoms with van der Waals surface area (Å²) in [6.45, 7) is 4.31. The van der Waals surface area contributed by atoms with Gasteiger partial charge in [-0.15, -0.1) is 0 Å². The van der Waals surface area contributed by atoms with Gasteiger partial charge < -0.3 is 10.4 Å². The molecule has 28 heavy (non-hydrogen) atoms. The number of benzene rings is 1. The molecule has 0 saturated carbocycles. The van der Waals surface area contributed by atoms with E-state index in [4.69, 9.17) is 0 Å². The number of nitrogens with one attached hydrogen (secondary N) is 1. The predicted molar refractivity (Wildman–Crippen MR) is 95.8 cm³/mol. The fourth-order valence-electron chi connectivity index (χ4n) is 2.75. The van der Waals surface area contributed by atoms with E-state index in [-0.39, 0.29) is 13.0 Å². The Kier molecular flexibility index (Phi) is 6.16. The van der Waals surface area contributed by atoms with Gasteiger partial charge in [0.2, 0.25) is 0 Å². The molecule has 0 aliphatic rings. The minimum absolute atomic E-state index is 0.143. The highest BCUT2D eigenvalue weighted by Crippen LogP contribution is 2.34. The molecule has 2 N–H and O–H groups in total. The molecule has 9 heteroatoms. The SMILES string of the molecule is CC(C)(C)n1ncc(C(=O)NCC(Cc2ccccc2)C(=O)O)c1C(F)(F)F. The normalized spacial score (nSPS) is 13.2. The quantitative estimate of drug-likeness (QED) is 0.783. The van der Waals surface area contributed by atoms with Gasteiger partial charge in [-0.2, -0.15) is 18.3 Å². The molecule has 0 saturated heterocycles. The monoisotopic (exact) mass is 397 g/mol. The smallest absolute Gasteiger partial charge is 0.433 e. The molecule has 0 aliphatic carbocycles. The lowest BCUT2D eigenvalue weighted by Crippen LogP contribution is -2.36. The van der Waals surface area contributed by atoms with Crippen LogP contribution in [0.1, 0.15) is 42.4 Å². The van der Waals surface area contributed by atoms with Crippen LogP contribution in [-0.2, 0) is 22.9 Å². The molecule has 1 unspecified atom stereocenters. The number of hydrogen-bond acceptors (Lipinski definition) is 3. The summed E-state index contributed by atoms with van der Waals surface area (Å²) in [7, 11) is 0. The molecule has 6 nitrogen and oxygen atoms in total. The van der Waals surface area contributed by atoms with E-state index in [9.17, 15) is 27.9 Å². The third kappa shape index (κ3) is 5.11. The number of halogens is 3. The first kappa shape index (κ1) is 21.5. The first-order valence-electron chi connectivity index (χ1n) is 8.62. The van der Waals surface area contributed by atoms with Crippen LogP contribution in [0.2, 0.25) is 0 Å². The van der Waals surface area contributed by atoms with Crippen LogP contribution in [0.15, 0.2) is 36.5 Å². The Bertz CT molecular complexity index is 840. The molecule has 1 atom stereocenters. The molecule has 0 aliphatic heterocycles. The van der Waals surface area contributed by atoms with E-state index in [1.165, 1.54) is 20.8 Å². The van der Waals surface area contributed by atoms with Crippen molar-refractivity contribution in [2.24, 2.45) is 5.92 Å². The highest BCUT2D eigenvalue weighted by atomic mass is 19.4. The number of carboxylic acids is 1. The molecule has 1 heterocycles. The summed E-state index contributed by atoms with van der Waals surface area (Å²) < 4.78 is 41.3. The van der Waals surface area contributed by atoms with E-state index in [0.717, 1.165) is 16.4 Å². The lowest BCUT2D eigenvalue weighted by atomic mass is 9.99. The second-order valence-electron chi connectivity index (χ2n) is 7.42. The lowest BCUT2D eigenvalue weighted by Gasteiger charge is -2.24. The maximum absolute atomic E-state index is 13.5. The molecule has 0 radical (unpaired) electrons. The fourth-order valence-corrected chi connectivity index (χ4v) is 2.75. The lowest BCUT2D eigenvalue weighted by molar-refractivity contribution is -0.146. The van der Waals surface area contributed by atoms with Crippen LogP contribution < -0.4 is 5.32 Å². The molecule has 1 aromatic carbocycles. The van der Waals surface area contributed by atoms with E-state index >= 15 is 0 Å². The summed E-state index contributed by atoms with van der Waals surface area (Å²) in [5.74, 6) is -3.13. The second-order valence-corrected chi connectivity index (χ2v) is 7.42. The molecule has 2 aromatic rings. The Hall–Kier alpha value is -2.84. The third-order valence-corrected chi connectivity index (χ3v) is 4.10. The van der Waals surface area contributed by atoms with Crippen LogP contribution in [0.25, 0.3) is 0 Å². The first-order chi connectivity index (χ1) is 12.9. The molecule has 0 spiro atoms. The Morgan fingerprint density at radius 3 is 2.29 bits per heavy atom. The van der Waals surface area contributed by atoms with Gasteiger partial charge in [-0.25, -0.2) is 0 Å². The molecular formula is C19H22F3N3O3. The van der Waals surface area contributed by atoms with Crippen LogP contribution in [0.5, 0.6) is 0 Å². The van der Waals surface area contributed by atoms with E-state index in [1.807, 2.05) is 0 Å². The van der Waals surface area contributed by atoms with Gasteiger partial charge in [0.15, 0.2) is 5.69 Å². The summed E-state index contributed by atoms with van der Waals surface area (Å²) in [6.07, 6.45) is -3.78. The van der Waals surface area contributed by atoms with Crippen LogP contribution in [0.4, 0.5) is 13.2 Å². The van der Waals surface area contributed by atoms with Crippen LogP contribution in [0, 0.1) is 5.92 Å². The van der Waals surface area contributed by atoms with Crippen molar-refractivity contribution in [2.45, 2.75) is 38.9 Å². The van der Waals surface area contributed by atoms with Gasteiger partial charge in [-0.05, 0) is 32.8 Å². The molecular weight excluding hydrogens is 375 g/mol. The number of nitrogens with zero attached hydrogens (tertiary/aromatic N) is 2. The van der Waals surface area contributed by atoms with Crippen molar-refractivity contribution in [3.8, 4) is 0 Å². The summed E-state index contributed by atoms with van der Waals surface area (Å²) in [5, 5.41) is 15.4. The van der Waals surface area contributed by atoms with Crippen molar-refractivity contribution in [1.82, 2.24) is 15.1 Å². The van der Waals surface area contributed by atoms with Crippen molar-refractivity contribution < 1.29 is 27.9 Å². The van der Waals surface area contributed by atoms with Crippen molar-refractivity contribution in [3.05, 3.63) is 53.3 Å². The topological polar surface area (TPSA) is 84.2 Å². The summed E-state index contributed by atoms with van der Waals surface area (Å²) in [6, 6.07) is 8.78. The molecule has 1 amide bonds. The number of carboxylic acid groups (broad SMARTS) is 1.